The first-order chi connectivity index (χ1) is 11.6. The van der Waals surface area contributed by atoms with Crippen LogP contribution in [-0.2, 0) is 9.53 Å². The van der Waals surface area contributed by atoms with Gasteiger partial charge in [0.15, 0.2) is 17.3 Å². The molecule has 1 amide bonds. The Morgan fingerprint density at radius 1 is 1.04 bits per heavy atom. The molecule has 0 aliphatic carbocycles. The number of carbonyl (C=O) groups excluding carboxylic acids is 4. The summed E-state index contributed by atoms with van der Waals surface area (Å²) < 4.78 is 4.85. The van der Waals surface area contributed by atoms with Crippen LogP contribution < -0.4 is 5.48 Å². The summed E-state index contributed by atoms with van der Waals surface area (Å²) in [4.78, 5) is 44.0. The summed E-state index contributed by atoms with van der Waals surface area (Å²) in [7, 11) is 0. The van der Waals surface area contributed by atoms with Crippen molar-refractivity contribution in [1.29, 1.82) is 0 Å². The van der Waals surface area contributed by atoms with Gasteiger partial charge in [0.1, 0.15) is 6.10 Å². The largest absolute Gasteiger partial charge is 0.365 e. The first-order valence-electron chi connectivity index (χ1n) is 7.48. The number of Topliss-reactive ketones (excluding diaryl/α,β-unsaturated/α-hetero) is 3. The summed E-state index contributed by atoms with van der Waals surface area (Å²) in [6.07, 6.45) is 0.893. The Labute approximate surface area is 146 Å². The molecule has 25 heavy (non-hydrogen) atoms. The third-order valence-corrected chi connectivity index (χ3v) is 3.10. The first kappa shape index (κ1) is 22.4. The van der Waals surface area contributed by atoms with Crippen molar-refractivity contribution in [2.75, 3.05) is 6.61 Å². The topological polar surface area (TPSA) is 110 Å². The van der Waals surface area contributed by atoms with Crippen molar-refractivity contribution in [3.63, 3.8) is 0 Å². The lowest BCUT2D eigenvalue weighted by Crippen LogP contribution is -2.32. The molecule has 0 radical (unpaired) electrons. The summed E-state index contributed by atoms with van der Waals surface area (Å²) in [5.74, 6) is -1.01. The van der Waals surface area contributed by atoms with Gasteiger partial charge < -0.3 is 4.74 Å². The van der Waals surface area contributed by atoms with Crippen LogP contribution in [0.2, 0.25) is 0 Å². The third kappa shape index (κ3) is 8.14. The number of hydrogen-bond donors (Lipinski definition) is 2. The van der Waals surface area contributed by atoms with Crippen LogP contribution in [0, 0.1) is 0 Å². The number of ketones is 3. The Bertz CT molecular complexity index is 587. The van der Waals surface area contributed by atoms with Gasteiger partial charge in [-0.2, -0.15) is 0 Å². The van der Waals surface area contributed by atoms with Crippen molar-refractivity contribution < 1.29 is 29.1 Å². The molecule has 7 heteroatoms. The second kappa shape index (κ2) is 11.0. The molecule has 1 atom stereocenters. The maximum atomic E-state index is 11.2. The Hall–Kier alpha value is -2.64. The van der Waals surface area contributed by atoms with E-state index in [4.69, 9.17) is 9.94 Å². The van der Waals surface area contributed by atoms with Crippen LogP contribution in [0.3, 0.4) is 0 Å². The minimum absolute atomic E-state index is 0.152. The van der Waals surface area contributed by atoms with Crippen LogP contribution in [0.4, 0.5) is 0 Å². The van der Waals surface area contributed by atoms with E-state index in [2.05, 4.69) is 6.58 Å². The summed E-state index contributed by atoms with van der Waals surface area (Å²) in [5, 5.41) is 8.10. The number of nitrogens with one attached hydrogen (secondary N) is 1. The van der Waals surface area contributed by atoms with Gasteiger partial charge in [0.05, 0.1) is 6.61 Å². The van der Waals surface area contributed by atoms with Crippen LogP contribution in [0.1, 0.15) is 58.8 Å². The van der Waals surface area contributed by atoms with E-state index < -0.39 is 12.0 Å². The molecule has 0 saturated heterocycles. The van der Waals surface area contributed by atoms with Crippen LogP contribution in [0.15, 0.2) is 30.9 Å². The van der Waals surface area contributed by atoms with Gasteiger partial charge in [-0.05, 0) is 45.9 Å². The lowest BCUT2D eigenvalue weighted by Gasteiger charge is -2.07. The molecular formula is C18H23NO6. The van der Waals surface area contributed by atoms with E-state index in [1.165, 1.54) is 57.5 Å². The zero-order valence-electron chi connectivity index (χ0n) is 14.8. The zero-order chi connectivity index (χ0) is 19.6. The minimum Gasteiger partial charge on any atom is -0.365 e. The van der Waals surface area contributed by atoms with E-state index >= 15 is 0 Å². The van der Waals surface area contributed by atoms with Gasteiger partial charge in [-0.15, -0.1) is 6.58 Å². The highest BCUT2D eigenvalue weighted by Crippen LogP contribution is 2.12. The predicted octanol–water partition coefficient (Wildman–Crippen LogP) is 2.38. The fraction of sp³-hybridized carbons (Fsp3) is 0.333. The molecule has 2 N–H and O–H groups in total. The SMILES string of the molecule is C=CCOC(C)C(=O)NO.CC(=O)c1cc(C(C)=O)cc(C(C)=O)c1. The van der Waals surface area contributed by atoms with Gasteiger partial charge in [0.25, 0.3) is 5.91 Å². The van der Waals surface area contributed by atoms with Crippen molar-refractivity contribution >= 4 is 23.3 Å². The molecule has 0 aliphatic heterocycles. The van der Waals surface area contributed by atoms with Crippen molar-refractivity contribution in [2.24, 2.45) is 0 Å². The Morgan fingerprint density at radius 3 is 1.64 bits per heavy atom. The number of carbonyl (C=O) groups is 4. The second-order valence-electron chi connectivity index (χ2n) is 5.21. The van der Waals surface area contributed by atoms with Gasteiger partial charge in [-0.3, -0.25) is 24.4 Å². The van der Waals surface area contributed by atoms with E-state index in [1.54, 1.807) is 0 Å². The smallest absolute Gasteiger partial charge is 0.272 e. The van der Waals surface area contributed by atoms with Crippen molar-refractivity contribution in [3.05, 3.63) is 47.5 Å². The number of hydroxylamine groups is 1. The Balaban J connectivity index is 0.000000504. The Morgan fingerprint density at radius 2 is 1.40 bits per heavy atom. The molecule has 1 unspecified atom stereocenters. The lowest BCUT2D eigenvalue weighted by molar-refractivity contribution is -0.139. The number of ether oxygens (including phenoxy) is 1. The van der Waals surface area contributed by atoms with Gasteiger partial charge in [-0.25, -0.2) is 5.48 Å². The lowest BCUT2D eigenvalue weighted by atomic mass is 10.00. The second-order valence-corrected chi connectivity index (χ2v) is 5.21. The zero-order valence-corrected chi connectivity index (χ0v) is 14.8. The van der Waals surface area contributed by atoms with Gasteiger partial charge >= 0.3 is 0 Å². The molecule has 1 rings (SSSR count). The van der Waals surface area contributed by atoms with E-state index in [9.17, 15) is 19.2 Å². The average molecular weight is 349 g/mol. The number of rotatable bonds is 7. The van der Waals surface area contributed by atoms with Crippen molar-refractivity contribution in [3.8, 4) is 0 Å². The maximum Gasteiger partial charge on any atom is 0.272 e. The van der Waals surface area contributed by atoms with E-state index in [0.29, 0.717) is 23.3 Å². The quantitative estimate of drug-likeness (QED) is 0.338. The predicted molar refractivity (Wildman–Crippen MR) is 92.0 cm³/mol. The van der Waals surface area contributed by atoms with E-state index in [-0.39, 0.29) is 17.3 Å². The number of benzene rings is 1. The molecule has 1 aromatic rings. The maximum absolute atomic E-state index is 11.2. The molecule has 1 aromatic carbocycles. The molecule has 0 heterocycles. The molecule has 0 fully saturated rings. The number of amides is 1. The molecule has 0 aromatic heterocycles. The molecule has 136 valence electrons. The molecular weight excluding hydrogens is 326 g/mol. The molecule has 0 spiro atoms. The fourth-order valence-corrected chi connectivity index (χ4v) is 1.62. The molecule has 0 saturated carbocycles. The summed E-state index contributed by atoms with van der Waals surface area (Å²) in [6, 6.07) is 4.53. The summed E-state index contributed by atoms with van der Waals surface area (Å²) in [6.45, 7) is 9.45. The summed E-state index contributed by atoms with van der Waals surface area (Å²) in [5.41, 5.74) is 2.66. The normalized spacial score (nSPS) is 10.8. The standard InChI is InChI=1S/C12H12O3.C6H11NO3/c1-7(13)10-4-11(8(2)14)6-12(5-10)9(3)15;1-3-4-10-5(2)6(8)7-9/h4-6H,1-3H3;3,5,9H,1,4H2,2H3,(H,7,8). The van der Waals surface area contributed by atoms with E-state index in [0.717, 1.165) is 0 Å². The Kier molecular flexibility index (Phi) is 9.85. The number of hydrogen-bond acceptors (Lipinski definition) is 6. The summed E-state index contributed by atoms with van der Waals surface area (Å²) >= 11 is 0. The van der Waals surface area contributed by atoms with E-state index in [1.807, 2.05) is 0 Å². The fourth-order valence-electron chi connectivity index (χ4n) is 1.62. The van der Waals surface area contributed by atoms with Crippen molar-refractivity contribution in [1.82, 2.24) is 5.48 Å². The molecule has 0 aliphatic rings. The highest BCUT2D eigenvalue weighted by molar-refractivity contribution is 6.04. The highest BCUT2D eigenvalue weighted by Gasteiger charge is 2.10. The third-order valence-electron chi connectivity index (χ3n) is 3.10. The van der Waals surface area contributed by atoms with Crippen LogP contribution in [-0.4, -0.2) is 41.2 Å². The van der Waals surface area contributed by atoms with Gasteiger partial charge in [0.2, 0.25) is 0 Å². The monoisotopic (exact) mass is 349 g/mol. The van der Waals surface area contributed by atoms with Crippen LogP contribution in [0.5, 0.6) is 0 Å². The first-order valence-corrected chi connectivity index (χ1v) is 7.48. The van der Waals surface area contributed by atoms with Gasteiger partial charge in [0, 0.05) is 16.7 Å². The molecule has 0 bridgehead atoms. The van der Waals surface area contributed by atoms with Crippen molar-refractivity contribution in [2.45, 2.75) is 33.8 Å². The minimum atomic E-state index is -0.636. The molecule has 7 nitrogen and oxygen atoms in total. The van der Waals surface area contributed by atoms with Crippen LogP contribution >= 0.6 is 0 Å². The van der Waals surface area contributed by atoms with Gasteiger partial charge in [-0.1, -0.05) is 6.08 Å². The average Bonchev–Trinajstić information content (AvgIpc) is 2.58. The van der Waals surface area contributed by atoms with Crippen LogP contribution in [0.25, 0.3) is 0 Å². The highest BCUT2D eigenvalue weighted by atomic mass is 16.5.